The Kier molecular flexibility index (Phi) is 3.11. The molecule has 1 aromatic carbocycles. The molecular weight excluding hydrogens is 228 g/mol. The van der Waals surface area contributed by atoms with Gasteiger partial charge in [-0.15, -0.1) is 0 Å². The minimum atomic E-state index is -0.903. The number of aliphatic carboxylic acids is 1. The summed E-state index contributed by atoms with van der Waals surface area (Å²) in [6, 6.07) is 7.67. The molecule has 96 valence electrons. The van der Waals surface area contributed by atoms with Crippen LogP contribution < -0.4 is 0 Å². The van der Waals surface area contributed by atoms with Gasteiger partial charge in [0.2, 0.25) is 0 Å². The number of para-hydroxylation sites is 2. The van der Waals surface area contributed by atoms with E-state index in [2.05, 4.69) is 4.98 Å². The van der Waals surface area contributed by atoms with Crippen molar-refractivity contribution in [1.82, 2.24) is 9.55 Å². The molecule has 0 fully saturated rings. The van der Waals surface area contributed by atoms with E-state index in [9.17, 15) is 9.90 Å². The molecule has 0 saturated heterocycles. The van der Waals surface area contributed by atoms with Gasteiger partial charge in [0.15, 0.2) is 0 Å². The Balaban J connectivity index is 2.79. The molecule has 2 aromatic rings. The summed E-state index contributed by atoms with van der Waals surface area (Å²) in [5.41, 5.74) is 0.837. The van der Waals surface area contributed by atoms with E-state index in [4.69, 9.17) is 0 Å². The first-order chi connectivity index (χ1) is 8.56. The van der Waals surface area contributed by atoms with Gasteiger partial charge in [0.1, 0.15) is 11.4 Å². The van der Waals surface area contributed by atoms with Gasteiger partial charge in [-0.05, 0) is 31.9 Å². The van der Waals surface area contributed by atoms with Gasteiger partial charge in [0.05, 0.1) is 11.0 Å². The summed E-state index contributed by atoms with van der Waals surface area (Å²) < 4.78 is 1.87. The maximum absolute atomic E-state index is 11.7. The molecule has 1 heterocycles. The summed E-state index contributed by atoms with van der Waals surface area (Å²) in [6.07, 6.45) is 1.08. The van der Waals surface area contributed by atoms with Crippen LogP contribution in [-0.2, 0) is 10.3 Å². The van der Waals surface area contributed by atoms with E-state index in [1.54, 1.807) is 0 Å². The molecule has 0 amide bonds. The van der Waals surface area contributed by atoms with Gasteiger partial charge in [-0.2, -0.15) is 0 Å². The number of imidazole rings is 1. The maximum Gasteiger partial charge on any atom is 0.329 e. The first kappa shape index (κ1) is 12.6. The summed E-state index contributed by atoms with van der Waals surface area (Å²) in [5, 5.41) is 9.63. The lowest BCUT2D eigenvalue weighted by Gasteiger charge is -2.30. The molecule has 0 bridgehead atoms. The lowest BCUT2D eigenvalue weighted by molar-refractivity contribution is -0.148. The van der Waals surface area contributed by atoms with E-state index in [0.29, 0.717) is 12.8 Å². The van der Waals surface area contributed by atoms with Gasteiger partial charge in [-0.25, -0.2) is 9.78 Å². The maximum atomic E-state index is 11.7. The Morgan fingerprint density at radius 2 is 1.94 bits per heavy atom. The number of carboxylic acids is 1. The van der Waals surface area contributed by atoms with Crippen LogP contribution in [0, 0.1) is 6.92 Å². The van der Waals surface area contributed by atoms with Crippen molar-refractivity contribution in [1.29, 1.82) is 0 Å². The summed E-state index contributed by atoms with van der Waals surface area (Å²) in [5.74, 6) is -0.0407. The Labute approximate surface area is 106 Å². The normalized spacial score (nSPS) is 11.9. The van der Waals surface area contributed by atoms with Gasteiger partial charge >= 0.3 is 5.97 Å². The highest BCUT2D eigenvalue weighted by atomic mass is 16.4. The predicted molar refractivity (Wildman–Crippen MR) is 70.7 cm³/mol. The Hall–Kier alpha value is -1.84. The van der Waals surface area contributed by atoms with Crippen molar-refractivity contribution in [2.45, 2.75) is 39.2 Å². The van der Waals surface area contributed by atoms with Crippen molar-refractivity contribution in [3.05, 3.63) is 30.1 Å². The number of benzene rings is 1. The molecule has 2 rings (SSSR count). The monoisotopic (exact) mass is 246 g/mol. The number of hydrogen-bond donors (Lipinski definition) is 1. The Bertz CT molecular complexity index is 582. The molecule has 1 aromatic heterocycles. The van der Waals surface area contributed by atoms with E-state index in [-0.39, 0.29) is 0 Å². The number of aromatic nitrogens is 2. The van der Waals surface area contributed by atoms with E-state index < -0.39 is 11.5 Å². The molecule has 0 radical (unpaired) electrons. The molecule has 18 heavy (non-hydrogen) atoms. The van der Waals surface area contributed by atoms with Crippen molar-refractivity contribution in [2.24, 2.45) is 0 Å². The van der Waals surface area contributed by atoms with Crippen LogP contribution in [0.15, 0.2) is 24.3 Å². The predicted octanol–water partition coefficient (Wildman–Crippen LogP) is 2.94. The third kappa shape index (κ3) is 1.60. The summed E-state index contributed by atoms with van der Waals surface area (Å²) in [4.78, 5) is 16.2. The fourth-order valence-electron chi connectivity index (χ4n) is 2.65. The minimum Gasteiger partial charge on any atom is -0.479 e. The number of carbonyl (C=O) groups is 1. The largest absolute Gasteiger partial charge is 0.479 e. The SMILES string of the molecule is CCC(CC)(C(=O)O)n1c(C)nc2ccccc21. The van der Waals surface area contributed by atoms with E-state index in [0.717, 1.165) is 16.9 Å². The summed E-state index contributed by atoms with van der Waals surface area (Å²) >= 11 is 0. The van der Waals surface area contributed by atoms with Crippen LogP contribution in [0.3, 0.4) is 0 Å². The molecule has 4 heteroatoms. The standard InChI is InChI=1S/C14H18N2O2/c1-4-14(5-2,13(17)18)16-10(3)15-11-8-6-7-9-12(11)16/h6-9H,4-5H2,1-3H3,(H,17,18). The lowest BCUT2D eigenvalue weighted by Crippen LogP contribution is -2.41. The van der Waals surface area contributed by atoms with Crippen LogP contribution >= 0.6 is 0 Å². The average molecular weight is 246 g/mol. The first-order valence-corrected chi connectivity index (χ1v) is 6.24. The molecular formula is C14H18N2O2. The van der Waals surface area contributed by atoms with E-state index in [1.807, 2.05) is 49.6 Å². The van der Waals surface area contributed by atoms with E-state index >= 15 is 0 Å². The molecule has 4 nitrogen and oxygen atoms in total. The van der Waals surface area contributed by atoms with Crippen LogP contribution in [0.1, 0.15) is 32.5 Å². The quantitative estimate of drug-likeness (QED) is 0.902. The van der Waals surface area contributed by atoms with Crippen LogP contribution in [0.2, 0.25) is 0 Å². The minimum absolute atomic E-state index is 0.542. The molecule has 0 saturated carbocycles. The highest BCUT2D eigenvalue weighted by molar-refractivity contribution is 5.83. The number of carboxylic acid groups (broad SMARTS) is 1. The Morgan fingerprint density at radius 3 is 2.50 bits per heavy atom. The zero-order chi connectivity index (χ0) is 13.3. The second-order valence-corrected chi connectivity index (χ2v) is 4.53. The highest BCUT2D eigenvalue weighted by Crippen LogP contribution is 2.31. The highest BCUT2D eigenvalue weighted by Gasteiger charge is 2.39. The molecule has 0 unspecified atom stereocenters. The molecule has 0 spiro atoms. The zero-order valence-corrected chi connectivity index (χ0v) is 11.0. The van der Waals surface area contributed by atoms with Crippen molar-refractivity contribution >= 4 is 17.0 Å². The van der Waals surface area contributed by atoms with Crippen molar-refractivity contribution in [3.63, 3.8) is 0 Å². The number of aryl methyl sites for hydroxylation is 1. The van der Waals surface area contributed by atoms with Crippen molar-refractivity contribution in [2.75, 3.05) is 0 Å². The van der Waals surface area contributed by atoms with Crippen molar-refractivity contribution < 1.29 is 9.90 Å². The molecule has 0 aliphatic rings. The topological polar surface area (TPSA) is 55.1 Å². The molecule has 0 aliphatic carbocycles. The summed E-state index contributed by atoms with van der Waals surface area (Å²) in [6.45, 7) is 5.68. The second kappa shape index (κ2) is 4.44. The number of rotatable bonds is 4. The summed E-state index contributed by atoms with van der Waals surface area (Å²) in [7, 11) is 0. The second-order valence-electron chi connectivity index (χ2n) is 4.53. The van der Waals surface area contributed by atoms with Crippen LogP contribution in [0.4, 0.5) is 0 Å². The van der Waals surface area contributed by atoms with Crippen LogP contribution in [0.25, 0.3) is 11.0 Å². The van der Waals surface area contributed by atoms with Gasteiger partial charge < -0.3 is 9.67 Å². The van der Waals surface area contributed by atoms with Crippen LogP contribution in [-0.4, -0.2) is 20.6 Å². The smallest absolute Gasteiger partial charge is 0.329 e. The Morgan fingerprint density at radius 1 is 1.33 bits per heavy atom. The number of nitrogens with zero attached hydrogens (tertiary/aromatic N) is 2. The average Bonchev–Trinajstić information content (AvgIpc) is 2.69. The molecule has 1 N–H and O–H groups in total. The van der Waals surface area contributed by atoms with Gasteiger partial charge in [0, 0.05) is 0 Å². The lowest BCUT2D eigenvalue weighted by atomic mass is 9.92. The van der Waals surface area contributed by atoms with Gasteiger partial charge in [0.25, 0.3) is 0 Å². The number of hydrogen-bond acceptors (Lipinski definition) is 2. The first-order valence-electron chi connectivity index (χ1n) is 6.24. The van der Waals surface area contributed by atoms with Crippen molar-refractivity contribution in [3.8, 4) is 0 Å². The fraction of sp³-hybridized carbons (Fsp3) is 0.429. The van der Waals surface area contributed by atoms with Gasteiger partial charge in [-0.3, -0.25) is 0 Å². The zero-order valence-electron chi connectivity index (χ0n) is 11.0. The van der Waals surface area contributed by atoms with Crippen LogP contribution in [0.5, 0.6) is 0 Å². The third-order valence-electron chi connectivity index (χ3n) is 3.72. The van der Waals surface area contributed by atoms with E-state index in [1.165, 1.54) is 0 Å². The van der Waals surface area contributed by atoms with Gasteiger partial charge in [-0.1, -0.05) is 26.0 Å². The fourth-order valence-corrected chi connectivity index (χ4v) is 2.65. The third-order valence-corrected chi connectivity index (χ3v) is 3.72. The molecule has 0 atom stereocenters. The molecule has 0 aliphatic heterocycles. The number of fused-ring (bicyclic) bond motifs is 1.